The third-order valence-electron chi connectivity index (χ3n) is 6.85. The fourth-order valence-corrected chi connectivity index (χ4v) is 4.95. The zero-order valence-corrected chi connectivity index (χ0v) is 19.5. The Bertz CT molecular complexity index is 967. The monoisotopic (exact) mass is 437 g/mol. The van der Waals surface area contributed by atoms with Crippen molar-refractivity contribution in [3.63, 3.8) is 0 Å². The van der Waals surface area contributed by atoms with Gasteiger partial charge in [0.25, 0.3) is 5.91 Å². The molecular weight excluding hydrogens is 402 g/mol. The molecule has 0 unspecified atom stereocenters. The van der Waals surface area contributed by atoms with Gasteiger partial charge in [0.1, 0.15) is 17.7 Å². The largest absolute Gasteiger partial charge is 0.340 e. The maximum absolute atomic E-state index is 13.5. The van der Waals surface area contributed by atoms with Crippen LogP contribution >= 0.6 is 0 Å². The van der Waals surface area contributed by atoms with Crippen molar-refractivity contribution in [2.24, 2.45) is 5.92 Å². The number of piperidine rings is 1. The molecule has 0 radical (unpaired) electrons. The lowest BCUT2D eigenvalue weighted by molar-refractivity contribution is -0.135. The third kappa shape index (κ3) is 4.71. The van der Waals surface area contributed by atoms with Gasteiger partial charge < -0.3 is 14.8 Å². The third-order valence-corrected chi connectivity index (χ3v) is 6.85. The summed E-state index contributed by atoms with van der Waals surface area (Å²) >= 11 is 0. The number of hydrogen-bond donors (Lipinski definition) is 1. The Hall–Kier alpha value is -2.70. The standard InChI is InChI=1S/C25H35N5O2/c1-17(2)22(26-24(31)20-12-7-6-10-18(20)3)25(32)29-14-9-11-19(16-29)23-28-27-21-13-5-4-8-15-30(21)23/h6-7,10,12,17,19,22H,4-5,8-9,11,13-16H2,1-3H3,(H,26,31)/t19-,22-/m1/s1. The van der Waals surface area contributed by atoms with Gasteiger partial charge in [-0.25, -0.2) is 0 Å². The van der Waals surface area contributed by atoms with E-state index in [4.69, 9.17) is 0 Å². The maximum Gasteiger partial charge on any atom is 0.252 e. The number of aromatic nitrogens is 3. The zero-order valence-electron chi connectivity index (χ0n) is 19.5. The van der Waals surface area contributed by atoms with Gasteiger partial charge in [0.2, 0.25) is 5.91 Å². The van der Waals surface area contributed by atoms with Crippen molar-refractivity contribution in [1.82, 2.24) is 25.0 Å². The summed E-state index contributed by atoms with van der Waals surface area (Å²) in [4.78, 5) is 28.4. The van der Waals surface area contributed by atoms with Gasteiger partial charge in [0.15, 0.2) is 0 Å². The van der Waals surface area contributed by atoms with Gasteiger partial charge >= 0.3 is 0 Å². The van der Waals surface area contributed by atoms with E-state index < -0.39 is 6.04 Å². The molecule has 2 amide bonds. The van der Waals surface area contributed by atoms with E-state index in [0.29, 0.717) is 12.1 Å². The van der Waals surface area contributed by atoms with E-state index in [1.54, 1.807) is 6.07 Å². The molecule has 4 rings (SSSR count). The van der Waals surface area contributed by atoms with Crippen LogP contribution in [0.5, 0.6) is 0 Å². The highest BCUT2D eigenvalue weighted by atomic mass is 16.2. The minimum absolute atomic E-state index is 0.000193. The Morgan fingerprint density at radius 2 is 1.88 bits per heavy atom. The van der Waals surface area contributed by atoms with Crippen LogP contribution in [0.1, 0.15) is 79.4 Å². The highest BCUT2D eigenvalue weighted by molar-refractivity contribution is 5.98. The zero-order chi connectivity index (χ0) is 22.7. The molecule has 0 spiro atoms. The van der Waals surface area contributed by atoms with Gasteiger partial charge in [0.05, 0.1) is 0 Å². The van der Waals surface area contributed by atoms with Gasteiger partial charge in [0, 0.05) is 37.5 Å². The molecule has 3 heterocycles. The van der Waals surface area contributed by atoms with E-state index in [-0.39, 0.29) is 23.7 Å². The first-order valence-electron chi connectivity index (χ1n) is 12.0. The van der Waals surface area contributed by atoms with Gasteiger partial charge in [-0.1, -0.05) is 38.5 Å². The van der Waals surface area contributed by atoms with Crippen molar-refractivity contribution < 1.29 is 9.59 Å². The second kappa shape index (κ2) is 9.84. The Kier molecular flexibility index (Phi) is 6.92. The number of hydrogen-bond acceptors (Lipinski definition) is 4. The molecule has 0 bridgehead atoms. The molecule has 2 aromatic rings. The highest BCUT2D eigenvalue weighted by Gasteiger charge is 2.34. The van der Waals surface area contributed by atoms with Crippen LogP contribution in [-0.2, 0) is 17.8 Å². The fraction of sp³-hybridized carbons (Fsp3) is 0.600. The molecule has 0 saturated carbocycles. The van der Waals surface area contributed by atoms with Crippen molar-refractivity contribution in [3.05, 3.63) is 47.0 Å². The fourth-order valence-electron chi connectivity index (χ4n) is 4.95. The summed E-state index contributed by atoms with van der Waals surface area (Å²) < 4.78 is 2.30. The number of benzene rings is 1. The summed E-state index contributed by atoms with van der Waals surface area (Å²) in [6, 6.07) is 6.94. The molecule has 2 aliphatic rings. The summed E-state index contributed by atoms with van der Waals surface area (Å²) in [5.41, 5.74) is 1.53. The highest BCUT2D eigenvalue weighted by Crippen LogP contribution is 2.28. The van der Waals surface area contributed by atoms with Crippen molar-refractivity contribution >= 4 is 11.8 Å². The summed E-state index contributed by atoms with van der Waals surface area (Å²) in [6.07, 6.45) is 6.51. The number of rotatable bonds is 5. The maximum atomic E-state index is 13.5. The van der Waals surface area contributed by atoms with Gasteiger partial charge in [-0.15, -0.1) is 10.2 Å². The molecule has 0 aliphatic carbocycles. The minimum Gasteiger partial charge on any atom is -0.340 e. The Balaban J connectivity index is 1.48. The summed E-state index contributed by atoms with van der Waals surface area (Å²) in [5.74, 6) is 2.14. The van der Waals surface area contributed by atoms with Crippen molar-refractivity contribution in [1.29, 1.82) is 0 Å². The van der Waals surface area contributed by atoms with Crippen molar-refractivity contribution in [2.45, 2.75) is 77.8 Å². The van der Waals surface area contributed by atoms with Crippen LogP contribution in [0.15, 0.2) is 24.3 Å². The normalized spacial score (nSPS) is 19.9. The molecule has 1 N–H and O–H groups in total. The van der Waals surface area contributed by atoms with Gasteiger partial charge in [-0.2, -0.15) is 0 Å². The molecule has 7 nitrogen and oxygen atoms in total. The second-order valence-corrected chi connectivity index (χ2v) is 9.57. The smallest absolute Gasteiger partial charge is 0.252 e. The van der Waals surface area contributed by atoms with Gasteiger partial charge in [-0.3, -0.25) is 9.59 Å². The van der Waals surface area contributed by atoms with Crippen LogP contribution < -0.4 is 5.32 Å². The van der Waals surface area contributed by atoms with Crippen molar-refractivity contribution in [2.75, 3.05) is 13.1 Å². The van der Waals surface area contributed by atoms with Crippen LogP contribution in [0.25, 0.3) is 0 Å². The van der Waals surface area contributed by atoms with E-state index in [1.807, 2.05) is 43.9 Å². The number of carbonyl (C=O) groups is 2. The predicted molar refractivity (Wildman–Crippen MR) is 123 cm³/mol. The van der Waals surface area contributed by atoms with Crippen LogP contribution in [0.4, 0.5) is 0 Å². The van der Waals surface area contributed by atoms with E-state index in [1.165, 1.54) is 12.8 Å². The topological polar surface area (TPSA) is 80.1 Å². The lowest BCUT2D eigenvalue weighted by atomic mass is 9.94. The number of nitrogens with zero attached hydrogens (tertiary/aromatic N) is 4. The summed E-state index contributed by atoms with van der Waals surface area (Å²) in [6.45, 7) is 8.22. The first-order valence-corrected chi connectivity index (χ1v) is 12.0. The molecule has 1 saturated heterocycles. The minimum atomic E-state index is -0.545. The molecule has 2 atom stereocenters. The van der Waals surface area contributed by atoms with Crippen LogP contribution in [-0.4, -0.2) is 50.6 Å². The van der Waals surface area contributed by atoms with E-state index in [0.717, 1.165) is 56.0 Å². The number of carbonyl (C=O) groups excluding carboxylic acids is 2. The molecule has 1 aromatic carbocycles. The average molecular weight is 438 g/mol. The Morgan fingerprint density at radius 3 is 2.66 bits per heavy atom. The van der Waals surface area contributed by atoms with E-state index in [9.17, 15) is 9.59 Å². The lowest BCUT2D eigenvalue weighted by Gasteiger charge is -2.36. The molecule has 1 aromatic heterocycles. The molecule has 7 heteroatoms. The number of amides is 2. The molecule has 2 aliphatic heterocycles. The van der Waals surface area contributed by atoms with Gasteiger partial charge in [-0.05, 0) is 50.2 Å². The first kappa shape index (κ1) is 22.5. The number of fused-ring (bicyclic) bond motifs is 1. The Labute approximate surface area is 190 Å². The molecule has 1 fully saturated rings. The van der Waals surface area contributed by atoms with Crippen LogP contribution in [0.3, 0.4) is 0 Å². The lowest BCUT2D eigenvalue weighted by Crippen LogP contribution is -2.53. The summed E-state index contributed by atoms with van der Waals surface area (Å²) in [7, 11) is 0. The number of nitrogens with one attached hydrogen (secondary N) is 1. The van der Waals surface area contributed by atoms with E-state index in [2.05, 4.69) is 20.1 Å². The van der Waals surface area contributed by atoms with Crippen LogP contribution in [0.2, 0.25) is 0 Å². The predicted octanol–water partition coefficient (Wildman–Crippen LogP) is 3.47. The Morgan fingerprint density at radius 1 is 1.06 bits per heavy atom. The molecule has 172 valence electrons. The second-order valence-electron chi connectivity index (χ2n) is 9.57. The number of likely N-dealkylation sites (tertiary alicyclic amines) is 1. The average Bonchev–Trinajstić information content (AvgIpc) is 3.05. The number of aryl methyl sites for hydroxylation is 2. The van der Waals surface area contributed by atoms with Crippen LogP contribution in [0, 0.1) is 12.8 Å². The SMILES string of the molecule is Cc1ccccc1C(=O)N[C@@H](C(=O)N1CCC[C@@H](c2nnc3n2CCCCC3)C1)C(C)C. The summed E-state index contributed by atoms with van der Waals surface area (Å²) in [5, 5.41) is 12.0. The van der Waals surface area contributed by atoms with E-state index >= 15 is 0 Å². The molecule has 32 heavy (non-hydrogen) atoms. The molecular formula is C25H35N5O2. The first-order chi connectivity index (χ1) is 15.5. The van der Waals surface area contributed by atoms with Crippen molar-refractivity contribution in [3.8, 4) is 0 Å². The quantitative estimate of drug-likeness (QED) is 0.777.